The number of nitrogens with one attached hydrogen (secondary N) is 1. The number of H-pyrrole nitrogens is 1. The first-order valence-corrected chi connectivity index (χ1v) is 7.54. The molecule has 0 amide bonds. The molecule has 0 atom stereocenters. The lowest BCUT2D eigenvalue weighted by atomic mass is 9.68. The maximum Gasteiger partial charge on any atom is 0.328 e. The van der Waals surface area contributed by atoms with Crippen molar-refractivity contribution >= 4 is 0 Å². The molecule has 1 saturated carbocycles. The second kappa shape index (κ2) is 4.20. The van der Waals surface area contributed by atoms with Crippen LogP contribution in [0.1, 0.15) is 36.8 Å². The minimum Gasteiger partial charge on any atom is -0.306 e. The van der Waals surface area contributed by atoms with Crippen molar-refractivity contribution in [3.05, 3.63) is 56.2 Å². The van der Waals surface area contributed by atoms with E-state index in [0.29, 0.717) is 0 Å². The summed E-state index contributed by atoms with van der Waals surface area (Å²) in [7, 11) is 1.56. The molecule has 1 N–H and O–H groups in total. The number of benzene rings is 1. The Morgan fingerprint density at radius 1 is 1.14 bits per heavy atom. The molecule has 2 aliphatic rings. The first kappa shape index (κ1) is 12.6. The highest BCUT2D eigenvalue weighted by molar-refractivity contribution is 5.71. The molecule has 0 unspecified atom stereocenters. The minimum absolute atomic E-state index is 0.0806. The molecule has 0 saturated heterocycles. The SMILES string of the molecule is Cn1c(=O)[nH]c2c(c1=O)C1(CCCC1)Cc1ccccc1-2. The van der Waals surface area contributed by atoms with E-state index in [1.54, 1.807) is 7.05 Å². The van der Waals surface area contributed by atoms with Gasteiger partial charge >= 0.3 is 5.69 Å². The summed E-state index contributed by atoms with van der Waals surface area (Å²) in [4.78, 5) is 27.7. The van der Waals surface area contributed by atoms with Gasteiger partial charge in [0.25, 0.3) is 5.56 Å². The van der Waals surface area contributed by atoms with Crippen LogP contribution in [0, 0.1) is 0 Å². The maximum absolute atomic E-state index is 12.7. The quantitative estimate of drug-likeness (QED) is 0.804. The third-order valence-electron chi connectivity index (χ3n) is 5.21. The van der Waals surface area contributed by atoms with Crippen LogP contribution in [0.2, 0.25) is 0 Å². The monoisotopic (exact) mass is 282 g/mol. The van der Waals surface area contributed by atoms with Crippen LogP contribution in [0.5, 0.6) is 0 Å². The smallest absolute Gasteiger partial charge is 0.306 e. The molecule has 4 nitrogen and oxygen atoms in total. The van der Waals surface area contributed by atoms with Crippen molar-refractivity contribution in [1.82, 2.24) is 9.55 Å². The molecule has 2 aliphatic carbocycles. The van der Waals surface area contributed by atoms with Crippen molar-refractivity contribution in [2.24, 2.45) is 7.05 Å². The largest absolute Gasteiger partial charge is 0.328 e. The van der Waals surface area contributed by atoms with Crippen molar-refractivity contribution in [2.75, 3.05) is 0 Å². The Kier molecular flexibility index (Phi) is 2.52. The van der Waals surface area contributed by atoms with E-state index in [0.717, 1.165) is 48.9 Å². The van der Waals surface area contributed by atoms with Crippen molar-refractivity contribution in [3.8, 4) is 11.3 Å². The molecule has 2 aromatic rings. The maximum atomic E-state index is 12.7. The Hall–Kier alpha value is -2.10. The fourth-order valence-corrected chi connectivity index (χ4v) is 4.16. The van der Waals surface area contributed by atoms with Gasteiger partial charge in [0, 0.05) is 23.6 Å². The lowest BCUT2D eigenvalue weighted by Crippen LogP contribution is -2.44. The van der Waals surface area contributed by atoms with Gasteiger partial charge in [-0.1, -0.05) is 37.1 Å². The Balaban J connectivity index is 2.13. The van der Waals surface area contributed by atoms with Gasteiger partial charge in [0.05, 0.1) is 5.69 Å². The van der Waals surface area contributed by atoms with E-state index in [1.807, 2.05) is 18.2 Å². The molecule has 0 radical (unpaired) electrons. The second-order valence-electron chi connectivity index (χ2n) is 6.37. The summed E-state index contributed by atoms with van der Waals surface area (Å²) in [6, 6.07) is 8.12. The molecular weight excluding hydrogens is 264 g/mol. The van der Waals surface area contributed by atoms with Crippen molar-refractivity contribution < 1.29 is 0 Å². The Morgan fingerprint density at radius 2 is 1.86 bits per heavy atom. The normalized spacial score (nSPS) is 18.5. The van der Waals surface area contributed by atoms with Crippen molar-refractivity contribution in [3.63, 3.8) is 0 Å². The predicted molar refractivity (Wildman–Crippen MR) is 81.6 cm³/mol. The zero-order chi connectivity index (χ0) is 14.6. The van der Waals surface area contributed by atoms with Crippen LogP contribution >= 0.6 is 0 Å². The summed E-state index contributed by atoms with van der Waals surface area (Å²) in [5.41, 5.74) is 3.32. The summed E-state index contributed by atoms with van der Waals surface area (Å²) < 4.78 is 1.22. The fourth-order valence-electron chi connectivity index (χ4n) is 4.16. The fraction of sp³-hybridized carbons (Fsp3) is 0.412. The summed E-state index contributed by atoms with van der Waals surface area (Å²) in [6.45, 7) is 0. The van der Waals surface area contributed by atoms with E-state index >= 15 is 0 Å². The van der Waals surface area contributed by atoms with E-state index < -0.39 is 0 Å². The van der Waals surface area contributed by atoms with Gasteiger partial charge in [-0.25, -0.2) is 4.79 Å². The molecule has 1 aromatic heterocycles. The number of aromatic nitrogens is 2. The molecule has 108 valence electrons. The molecule has 1 aromatic carbocycles. The van der Waals surface area contributed by atoms with Crippen LogP contribution in [0.25, 0.3) is 11.3 Å². The first-order chi connectivity index (χ1) is 10.1. The zero-order valence-corrected chi connectivity index (χ0v) is 12.1. The molecule has 0 aliphatic heterocycles. The Labute approximate surface area is 122 Å². The molecule has 4 rings (SSSR count). The van der Waals surface area contributed by atoms with Crippen LogP contribution in [-0.2, 0) is 18.9 Å². The van der Waals surface area contributed by atoms with Gasteiger partial charge in [-0.15, -0.1) is 0 Å². The zero-order valence-electron chi connectivity index (χ0n) is 12.1. The highest BCUT2D eigenvalue weighted by atomic mass is 16.2. The number of hydrogen-bond donors (Lipinski definition) is 1. The van der Waals surface area contributed by atoms with Crippen molar-refractivity contribution in [1.29, 1.82) is 0 Å². The number of nitrogens with zero attached hydrogens (tertiary/aromatic N) is 1. The topological polar surface area (TPSA) is 54.9 Å². The third-order valence-corrected chi connectivity index (χ3v) is 5.21. The van der Waals surface area contributed by atoms with Gasteiger partial charge in [0.15, 0.2) is 0 Å². The molecule has 1 fully saturated rings. The van der Waals surface area contributed by atoms with Gasteiger partial charge in [-0.05, 0) is 24.8 Å². The molecule has 21 heavy (non-hydrogen) atoms. The second-order valence-corrected chi connectivity index (χ2v) is 6.37. The average Bonchev–Trinajstić information content (AvgIpc) is 2.93. The van der Waals surface area contributed by atoms with E-state index in [4.69, 9.17) is 0 Å². The lowest BCUT2D eigenvalue weighted by Gasteiger charge is -2.36. The Bertz CT molecular complexity index is 839. The number of rotatable bonds is 0. The van der Waals surface area contributed by atoms with Crippen LogP contribution in [0.15, 0.2) is 33.9 Å². The summed E-state index contributed by atoms with van der Waals surface area (Å²) >= 11 is 0. The number of fused-ring (bicyclic) bond motifs is 4. The third kappa shape index (κ3) is 1.62. The van der Waals surface area contributed by atoms with Gasteiger partial charge in [0.2, 0.25) is 0 Å². The average molecular weight is 282 g/mol. The van der Waals surface area contributed by atoms with Gasteiger partial charge in [-0.3, -0.25) is 9.36 Å². The summed E-state index contributed by atoms with van der Waals surface area (Å²) in [6.07, 6.45) is 5.30. The van der Waals surface area contributed by atoms with Gasteiger partial charge in [0.1, 0.15) is 0 Å². The van der Waals surface area contributed by atoms with Crippen LogP contribution in [0.3, 0.4) is 0 Å². The van der Waals surface area contributed by atoms with Crippen molar-refractivity contribution in [2.45, 2.75) is 37.5 Å². The van der Waals surface area contributed by atoms with Gasteiger partial charge in [-0.2, -0.15) is 0 Å². The molecule has 0 bridgehead atoms. The standard InChI is InChI=1S/C17H18N2O2/c1-19-15(20)13-14(18-16(19)21)12-7-3-2-6-11(12)10-17(13)8-4-5-9-17/h2-3,6-7H,4-5,8-10H2,1H3,(H,18,21). The van der Waals surface area contributed by atoms with Crippen LogP contribution in [0.4, 0.5) is 0 Å². The van der Waals surface area contributed by atoms with E-state index in [9.17, 15) is 9.59 Å². The van der Waals surface area contributed by atoms with E-state index in [1.165, 1.54) is 10.1 Å². The number of hydrogen-bond acceptors (Lipinski definition) is 2. The number of aromatic amines is 1. The van der Waals surface area contributed by atoms with Gasteiger partial charge < -0.3 is 4.98 Å². The van der Waals surface area contributed by atoms with Crippen LogP contribution < -0.4 is 11.2 Å². The highest BCUT2D eigenvalue weighted by Crippen LogP contribution is 2.49. The molecule has 1 spiro atoms. The molecule has 1 heterocycles. The summed E-state index contributed by atoms with van der Waals surface area (Å²) in [5.74, 6) is 0. The minimum atomic E-state index is -0.330. The van der Waals surface area contributed by atoms with E-state index in [-0.39, 0.29) is 16.7 Å². The Morgan fingerprint density at radius 3 is 2.62 bits per heavy atom. The molecule has 4 heteroatoms. The molecular formula is C17H18N2O2. The summed E-state index contributed by atoms with van der Waals surface area (Å²) in [5, 5.41) is 0. The highest BCUT2D eigenvalue weighted by Gasteiger charge is 2.43. The lowest BCUT2D eigenvalue weighted by molar-refractivity contribution is 0.422. The first-order valence-electron chi connectivity index (χ1n) is 7.54. The predicted octanol–water partition coefficient (Wildman–Crippen LogP) is 2.11. The van der Waals surface area contributed by atoms with Crippen LogP contribution in [-0.4, -0.2) is 9.55 Å². The van der Waals surface area contributed by atoms with E-state index in [2.05, 4.69) is 11.1 Å².